The van der Waals surface area contributed by atoms with Crippen molar-refractivity contribution in [2.75, 3.05) is 0 Å². The molecule has 0 atom stereocenters. The Morgan fingerprint density at radius 1 is 0.783 bits per heavy atom. The van der Waals surface area contributed by atoms with Gasteiger partial charge in [0.2, 0.25) is 0 Å². The minimum absolute atomic E-state index is 0.162. The Hall–Kier alpha value is -1.06. The predicted molar refractivity (Wildman–Crippen MR) is 89.3 cm³/mol. The second-order valence-electron chi connectivity index (χ2n) is 7.74. The fraction of sp³-hybridized carbons (Fsp3) is 0.895. The zero-order chi connectivity index (χ0) is 16.9. The molecule has 0 aromatic heterocycles. The molecule has 2 saturated carbocycles. The Morgan fingerprint density at radius 3 is 1.52 bits per heavy atom. The topological polar surface area (TPSA) is 74.6 Å². The lowest BCUT2D eigenvalue weighted by atomic mass is 9.73. The van der Waals surface area contributed by atoms with Gasteiger partial charge in [0.05, 0.1) is 10.8 Å². The van der Waals surface area contributed by atoms with Crippen LogP contribution >= 0.6 is 0 Å². The molecule has 2 rings (SSSR count). The van der Waals surface area contributed by atoms with Gasteiger partial charge in [-0.2, -0.15) is 0 Å². The fourth-order valence-electron chi connectivity index (χ4n) is 4.26. The number of hydrogen-bond donors (Lipinski definition) is 2. The summed E-state index contributed by atoms with van der Waals surface area (Å²) >= 11 is 0. The van der Waals surface area contributed by atoms with E-state index in [0.717, 1.165) is 19.3 Å². The van der Waals surface area contributed by atoms with Crippen LogP contribution in [0.1, 0.15) is 90.4 Å². The molecule has 0 bridgehead atoms. The van der Waals surface area contributed by atoms with Crippen molar-refractivity contribution in [3.63, 3.8) is 0 Å². The van der Waals surface area contributed by atoms with Gasteiger partial charge in [-0.15, -0.1) is 0 Å². The summed E-state index contributed by atoms with van der Waals surface area (Å²) < 4.78 is 0. The first kappa shape index (κ1) is 18.3. The Labute approximate surface area is 139 Å². The van der Waals surface area contributed by atoms with Crippen LogP contribution in [0.3, 0.4) is 0 Å². The Morgan fingerprint density at radius 2 is 1.17 bits per heavy atom. The SMILES string of the molecule is CCCCCCCCCCC(C1(C(=O)O)CC1)C1(C(=O)O)CC1. The smallest absolute Gasteiger partial charge is 0.309 e. The summed E-state index contributed by atoms with van der Waals surface area (Å²) in [6.07, 6.45) is 13.1. The maximum atomic E-state index is 11.7. The van der Waals surface area contributed by atoms with E-state index in [1.807, 2.05) is 0 Å². The molecule has 23 heavy (non-hydrogen) atoms. The highest BCUT2D eigenvalue weighted by Gasteiger charge is 2.68. The third-order valence-corrected chi connectivity index (χ3v) is 6.11. The number of carboxylic acid groups (broad SMARTS) is 2. The van der Waals surface area contributed by atoms with Gasteiger partial charge in [0.1, 0.15) is 0 Å². The number of unbranched alkanes of at least 4 members (excludes halogenated alkanes) is 7. The largest absolute Gasteiger partial charge is 0.481 e. The minimum Gasteiger partial charge on any atom is -0.481 e. The van der Waals surface area contributed by atoms with Gasteiger partial charge in [-0.1, -0.05) is 58.3 Å². The van der Waals surface area contributed by atoms with Crippen molar-refractivity contribution in [3.8, 4) is 0 Å². The monoisotopic (exact) mass is 324 g/mol. The standard InChI is InChI=1S/C19H32O4/c1-2-3-4-5-6-7-8-9-10-15(18(11-12-18)16(20)21)19(13-14-19)17(22)23/h15H,2-14H2,1H3,(H,20,21)(H,22,23). The molecule has 0 aromatic rings. The zero-order valence-electron chi connectivity index (χ0n) is 14.5. The van der Waals surface area contributed by atoms with Gasteiger partial charge >= 0.3 is 11.9 Å². The second-order valence-corrected chi connectivity index (χ2v) is 7.74. The third kappa shape index (κ3) is 4.07. The van der Waals surface area contributed by atoms with Crippen LogP contribution in [0.2, 0.25) is 0 Å². The molecule has 2 N–H and O–H groups in total. The van der Waals surface area contributed by atoms with Crippen molar-refractivity contribution in [3.05, 3.63) is 0 Å². The van der Waals surface area contributed by atoms with Crippen molar-refractivity contribution in [1.82, 2.24) is 0 Å². The zero-order valence-corrected chi connectivity index (χ0v) is 14.5. The van der Waals surface area contributed by atoms with Gasteiger partial charge in [0.15, 0.2) is 0 Å². The predicted octanol–water partition coefficient (Wildman–Crippen LogP) is 4.86. The van der Waals surface area contributed by atoms with Crippen LogP contribution in [-0.4, -0.2) is 22.2 Å². The average molecular weight is 324 g/mol. The second kappa shape index (κ2) is 7.67. The molecular formula is C19H32O4. The molecule has 0 aromatic carbocycles. The van der Waals surface area contributed by atoms with Crippen LogP contribution < -0.4 is 0 Å². The van der Waals surface area contributed by atoms with E-state index in [9.17, 15) is 19.8 Å². The molecule has 0 spiro atoms. The maximum absolute atomic E-state index is 11.7. The van der Waals surface area contributed by atoms with E-state index >= 15 is 0 Å². The van der Waals surface area contributed by atoms with Gasteiger partial charge < -0.3 is 10.2 Å². The maximum Gasteiger partial charge on any atom is 0.309 e. The molecular weight excluding hydrogens is 292 g/mol. The molecule has 132 valence electrons. The first-order valence-electron chi connectivity index (χ1n) is 9.46. The molecule has 2 aliphatic rings. The summed E-state index contributed by atoms with van der Waals surface area (Å²) in [4.78, 5) is 23.3. The van der Waals surface area contributed by atoms with Crippen LogP contribution in [0.15, 0.2) is 0 Å². The van der Waals surface area contributed by atoms with Crippen molar-refractivity contribution >= 4 is 11.9 Å². The molecule has 0 amide bonds. The van der Waals surface area contributed by atoms with Gasteiger partial charge in [-0.25, -0.2) is 0 Å². The molecule has 2 aliphatic carbocycles. The summed E-state index contributed by atoms with van der Waals surface area (Å²) in [5, 5.41) is 19.2. The van der Waals surface area contributed by atoms with Gasteiger partial charge in [-0.3, -0.25) is 9.59 Å². The van der Waals surface area contributed by atoms with Crippen LogP contribution in [0, 0.1) is 16.7 Å². The number of carbonyl (C=O) groups is 2. The highest BCUT2D eigenvalue weighted by atomic mass is 16.4. The lowest BCUT2D eigenvalue weighted by Crippen LogP contribution is -2.36. The van der Waals surface area contributed by atoms with E-state index in [1.54, 1.807) is 0 Å². The average Bonchev–Trinajstić information content (AvgIpc) is 3.39. The fourth-order valence-corrected chi connectivity index (χ4v) is 4.26. The van der Waals surface area contributed by atoms with E-state index < -0.39 is 22.8 Å². The molecule has 0 saturated heterocycles. The summed E-state index contributed by atoms with van der Waals surface area (Å²) in [5.74, 6) is -1.70. The third-order valence-electron chi connectivity index (χ3n) is 6.11. The van der Waals surface area contributed by atoms with Crippen molar-refractivity contribution in [1.29, 1.82) is 0 Å². The van der Waals surface area contributed by atoms with Crippen molar-refractivity contribution in [2.45, 2.75) is 90.4 Å². The molecule has 0 unspecified atom stereocenters. The van der Waals surface area contributed by atoms with Crippen molar-refractivity contribution in [2.24, 2.45) is 16.7 Å². The van der Waals surface area contributed by atoms with Gasteiger partial charge in [0, 0.05) is 0 Å². The van der Waals surface area contributed by atoms with E-state index in [-0.39, 0.29) is 5.92 Å². The van der Waals surface area contributed by atoms with Crippen LogP contribution in [0.5, 0.6) is 0 Å². The molecule has 0 aliphatic heterocycles. The van der Waals surface area contributed by atoms with Crippen LogP contribution in [-0.2, 0) is 9.59 Å². The van der Waals surface area contributed by atoms with Crippen LogP contribution in [0.25, 0.3) is 0 Å². The minimum atomic E-state index is -0.769. The van der Waals surface area contributed by atoms with E-state index in [0.29, 0.717) is 25.7 Å². The summed E-state index contributed by atoms with van der Waals surface area (Å²) in [7, 11) is 0. The number of aliphatic carboxylic acids is 2. The Bertz CT molecular complexity index is 391. The molecule has 0 heterocycles. The first-order chi connectivity index (χ1) is 11.0. The summed E-state index contributed by atoms with van der Waals surface area (Å²) in [5.41, 5.74) is -1.45. The normalized spacial score (nSPS) is 20.4. The highest BCUT2D eigenvalue weighted by molar-refractivity contribution is 5.83. The number of hydrogen-bond acceptors (Lipinski definition) is 2. The quantitative estimate of drug-likeness (QED) is 0.474. The van der Waals surface area contributed by atoms with Crippen molar-refractivity contribution < 1.29 is 19.8 Å². The van der Waals surface area contributed by atoms with Crippen LogP contribution in [0.4, 0.5) is 0 Å². The first-order valence-corrected chi connectivity index (χ1v) is 9.46. The van der Waals surface area contributed by atoms with E-state index in [4.69, 9.17) is 0 Å². The number of carboxylic acids is 2. The molecule has 4 nitrogen and oxygen atoms in total. The van der Waals surface area contributed by atoms with Gasteiger partial charge in [0.25, 0.3) is 0 Å². The molecule has 2 fully saturated rings. The Balaban J connectivity index is 1.79. The molecule has 4 heteroatoms. The van der Waals surface area contributed by atoms with Gasteiger partial charge in [-0.05, 0) is 38.0 Å². The molecule has 0 radical (unpaired) electrons. The Kier molecular flexibility index (Phi) is 6.10. The lowest BCUT2D eigenvalue weighted by molar-refractivity contribution is -0.153. The lowest BCUT2D eigenvalue weighted by Gasteiger charge is -2.29. The highest BCUT2D eigenvalue weighted by Crippen LogP contribution is 2.67. The van der Waals surface area contributed by atoms with E-state index in [2.05, 4.69) is 6.92 Å². The number of rotatable bonds is 13. The summed E-state index contributed by atoms with van der Waals surface area (Å²) in [6.45, 7) is 2.21. The summed E-state index contributed by atoms with van der Waals surface area (Å²) in [6, 6.07) is 0. The van der Waals surface area contributed by atoms with E-state index in [1.165, 1.54) is 38.5 Å².